The second-order valence-electron chi connectivity index (χ2n) is 4.35. The fourth-order valence-electron chi connectivity index (χ4n) is 2.46. The molecule has 2 heterocycles. The van der Waals surface area contributed by atoms with Crippen molar-refractivity contribution >= 4 is 27.8 Å². The van der Waals surface area contributed by atoms with Crippen molar-refractivity contribution in [2.24, 2.45) is 12.9 Å². The van der Waals surface area contributed by atoms with Gasteiger partial charge in [0.2, 0.25) is 0 Å². The average Bonchev–Trinajstić information content (AvgIpc) is 2.78. The molecule has 3 aromatic rings. The molecular formula is C13H15N5O2. The molecule has 0 amide bonds. The maximum absolute atomic E-state index is 5.52. The fraction of sp³-hybridized carbons (Fsp3) is 0.231. The van der Waals surface area contributed by atoms with Crippen molar-refractivity contribution < 1.29 is 9.47 Å². The lowest BCUT2D eigenvalue weighted by Crippen LogP contribution is -2.10. The highest BCUT2D eigenvalue weighted by Crippen LogP contribution is 2.37. The van der Waals surface area contributed by atoms with E-state index in [0.29, 0.717) is 17.3 Å². The molecule has 0 aliphatic heterocycles. The lowest BCUT2D eigenvalue weighted by Gasteiger charge is -2.08. The van der Waals surface area contributed by atoms with E-state index in [-0.39, 0.29) is 0 Å². The third-order valence-electron chi connectivity index (χ3n) is 3.41. The molecule has 7 heteroatoms. The van der Waals surface area contributed by atoms with Crippen molar-refractivity contribution in [1.29, 1.82) is 0 Å². The van der Waals surface area contributed by atoms with E-state index in [1.54, 1.807) is 14.2 Å². The van der Waals surface area contributed by atoms with E-state index in [4.69, 9.17) is 15.3 Å². The number of hydrazine groups is 1. The molecule has 3 N–H and O–H groups in total. The van der Waals surface area contributed by atoms with Gasteiger partial charge in [-0.05, 0) is 6.07 Å². The Bertz CT molecular complexity index is 796. The number of nitrogens with zero attached hydrogens (tertiary/aromatic N) is 3. The fourth-order valence-corrected chi connectivity index (χ4v) is 2.46. The van der Waals surface area contributed by atoms with Crippen LogP contribution in [-0.2, 0) is 7.05 Å². The maximum atomic E-state index is 5.52. The van der Waals surface area contributed by atoms with Gasteiger partial charge in [0.05, 0.1) is 19.7 Å². The van der Waals surface area contributed by atoms with Gasteiger partial charge in [-0.25, -0.2) is 15.8 Å². The summed E-state index contributed by atoms with van der Waals surface area (Å²) in [6.45, 7) is 0. The van der Waals surface area contributed by atoms with Crippen molar-refractivity contribution in [2.75, 3.05) is 19.6 Å². The molecule has 0 spiro atoms. The number of methoxy groups -OCH3 is 2. The molecule has 104 valence electrons. The standard InChI is InChI=1S/C13H15N5O2/c1-18-8-5-10(20-3)9(19-2)4-7(8)11-12(18)13(17-14)16-6-15-11/h4-6H,14H2,1-3H3,(H,15,16,17). The second kappa shape index (κ2) is 4.53. The molecule has 0 saturated carbocycles. The summed E-state index contributed by atoms with van der Waals surface area (Å²) < 4.78 is 12.7. The Labute approximate surface area is 115 Å². The van der Waals surface area contributed by atoms with Crippen molar-refractivity contribution in [3.63, 3.8) is 0 Å². The maximum Gasteiger partial charge on any atom is 0.168 e. The molecule has 1 aromatic carbocycles. The Morgan fingerprint density at radius 3 is 2.50 bits per heavy atom. The zero-order valence-corrected chi connectivity index (χ0v) is 11.5. The summed E-state index contributed by atoms with van der Waals surface area (Å²) in [5, 5.41) is 0.957. The van der Waals surface area contributed by atoms with Gasteiger partial charge in [-0.15, -0.1) is 0 Å². The van der Waals surface area contributed by atoms with Crippen LogP contribution in [0.1, 0.15) is 0 Å². The quantitative estimate of drug-likeness (QED) is 0.554. The molecule has 0 aliphatic carbocycles. The van der Waals surface area contributed by atoms with Crippen LogP contribution in [0.3, 0.4) is 0 Å². The highest BCUT2D eigenvalue weighted by Gasteiger charge is 2.16. The van der Waals surface area contributed by atoms with E-state index in [1.807, 2.05) is 23.7 Å². The van der Waals surface area contributed by atoms with Gasteiger partial charge < -0.3 is 19.5 Å². The van der Waals surface area contributed by atoms with Crippen LogP contribution in [0.25, 0.3) is 21.9 Å². The minimum atomic E-state index is 0.576. The molecule has 3 rings (SSSR count). The first-order valence-electron chi connectivity index (χ1n) is 6.03. The first kappa shape index (κ1) is 12.5. The Hall–Kier alpha value is -2.54. The number of ether oxygens (including phenoxy) is 2. The van der Waals surface area contributed by atoms with Crippen molar-refractivity contribution in [1.82, 2.24) is 14.5 Å². The average molecular weight is 273 g/mol. The van der Waals surface area contributed by atoms with E-state index >= 15 is 0 Å². The SMILES string of the molecule is COc1cc2c3ncnc(NN)c3n(C)c2cc1OC. The molecule has 2 aromatic heterocycles. The topological polar surface area (TPSA) is 87.2 Å². The highest BCUT2D eigenvalue weighted by atomic mass is 16.5. The minimum absolute atomic E-state index is 0.576. The van der Waals surface area contributed by atoms with Crippen LogP contribution in [0.4, 0.5) is 5.82 Å². The number of hydrogen-bond donors (Lipinski definition) is 2. The van der Waals surface area contributed by atoms with Crippen molar-refractivity contribution in [3.05, 3.63) is 18.5 Å². The lowest BCUT2D eigenvalue weighted by molar-refractivity contribution is 0.356. The van der Waals surface area contributed by atoms with E-state index in [9.17, 15) is 0 Å². The van der Waals surface area contributed by atoms with Crippen LogP contribution < -0.4 is 20.7 Å². The van der Waals surface area contributed by atoms with E-state index in [2.05, 4.69) is 15.4 Å². The van der Waals surface area contributed by atoms with Crippen LogP contribution in [0.5, 0.6) is 11.5 Å². The summed E-state index contributed by atoms with van der Waals surface area (Å²) in [5.41, 5.74) is 5.21. The molecule has 0 atom stereocenters. The van der Waals surface area contributed by atoms with Gasteiger partial charge in [-0.1, -0.05) is 0 Å². The summed E-state index contributed by atoms with van der Waals surface area (Å²) in [5.74, 6) is 7.42. The van der Waals surface area contributed by atoms with Gasteiger partial charge in [-0.3, -0.25) is 0 Å². The number of nitrogens with one attached hydrogen (secondary N) is 1. The van der Waals surface area contributed by atoms with Crippen LogP contribution in [0.15, 0.2) is 18.5 Å². The third kappa shape index (κ3) is 1.56. The van der Waals surface area contributed by atoms with E-state index < -0.39 is 0 Å². The van der Waals surface area contributed by atoms with Gasteiger partial charge >= 0.3 is 0 Å². The number of nitrogens with two attached hydrogens (primary N) is 1. The first-order valence-corrected chi connectivity index (χ1v) is 6.03. The van der Waals surface area contributed by atoms with Gasteiger partial charge in [0.15, 0.2) is 17.3 Å². The van der Waals surface area contributed by atoms with Gasteiger partial charge in [0.1, 0.15) is 17.4 Å². The van der Waals surface area contributed by atoms with Crippen molar-refractivity contribution in [3.8, 4) is 11.5 Å². The molecule has 0 saturated heterocycles. The monoisotopic (exact) mass is 273 g/mol. The molecule has 20 heavy (non-hydrogen) atoms. The van der Waals surface area contributed by atoms with Crippen molar-refractivity contribution in [2.45, 2.75) is 0 Å². The number of rotatable bonds is 3. The third-order valence-corrected chi connectivity index (χ3v) is 3.41. The van der Waals surface area contributed by atoms with Crippen LogP contribution >= 0.6 is 0 Å². The Kier molecular flexibility index (Phi) is 2.83. The number of aromatic nitrogens is 3. The number of fused-ring (bicyclic) bond motifs is 3. The summed E-state index contributed by atoms with van der Waals surface area (Å²) in [6, 6.07) is 3.82. The Morgan fingerprint density at radius 1 is 1.15 bits per heavy atom. The number of nitrogen functional groups attached to an aromatic ring is 1. The number of anilines is 1. The highest BCUT2D eigenvalue weighted by molar-refractivity contribution is 6.09. The molecule has 7 nitrogen and oxygen atoms in total. The molecule has 0 radical (unpaired) electrons. The number of aryl methyl sites for hydroxylation is 1. The predicted molar refractivity (Wildman–Crippen MR) is 76.9 cm³/mol. The largest absolute Gasteiger partial charge is 0.493 e. The second-order valence-corrected chi connectivity index (χ2v) is 4.35. The molecule has 0 aliphatic rings. The lowest BCUT2D eigenvalue weighted by atomic mass is 10.2. The number of benzene rings is 1. The smallest absolute Gasteiger partial charge is 0.168 e. The van der Waals surface area contributed by atoms with Crippen LogP contribution in [-0.4, -0.2) is 28.8 Å². The normalized spacial score (nSPS) is 11.0. The molecular weight excluding hydrogens is 258 g/mol. The predicted octanol–water partition coefficient (Wildman–Crippen LogP) is 1.42. The first-order chi connectivity index (χ1) is 9.71. The van der Waals surface area contributed by atoms with Gasteiger partial charge in [0, 0.05) is 18.5 Å². The molecule has 0 unspecified atom stereocenters. The minimum Gasteiger partial charge on any atom is -0.493 e. The summed E-state index contributed by atoms with van der Waals surface area (Å²) in [6.07, 6.45) is 1.48. The number of hydrogen-bond acceptors (Lipinski definition) is 6. The zero-order valence-electron chi connectivity index (χ0n) is 11.5. The zero-order chi connectivity index (χ0) is 14.3. The Balaban J connectivity index is 2.48. The van der Waals surface area contributed by atoms with Crippen LogP contribution in [0, 0.1) is 0 Å². The summed E-state index contributed by atoms with van der Waals surface area (Å²) in [4.78, 5) is 8.48. The van der Waals surface area contributed by atoms with Gasteiger partial charge in [0.25, 0.3) is 0 Å². The van der Waals surface area contributed by atoms with E-state index in [1.165, 1.54) is 6.33 Å². The molecule has 0 bridgehead atoms. The van der Waals surface area contributed by atoms with Crippen LogP contribution in [0.2, 0.25) is 0 Å². The molecule has 0 fully saturated rings. The summed E-state index contributed by atoms with van der Waals surface area (Å²) >= 11 is 0. The van der Waals surface area contributed by atoms with E-state index in [0.717, 1.165) is 21.9 Å². The summed E-state index contributed by atoms with van der Waals surface area (Å²) in [7, 11) is 5.15. The van der Waals surface area contributed by atoms with Gasteiger partial charge in [-0.2, -0.15) is 0 Å². The Morgan fingerprint density at radius 2 is 1.85 bits per heavy atom.